The standard InChI is InChI=1S/C26H29N3O3/c1-16(2)13-28-15-22(30)29-14-19(17-9-6-8-12-21(17)32-4)23-18-10-5-7-11-20(18)27-24(23)26(29,3)25(28)31/h5-12,16,19,27H,13-15H2,1-4H3/t19-,26+/m1/s1. The van der Waals surface area contributed by atoms with E-state index < -0.39 is 5.54 Å². The first-order chi connectivity index (χ1) is 15.4. The first-order valence-corrected chi connectivity index (χ1v) is 11.2. The molecule has 0 bridgehead atoms. The lowest BCUT2D eigenvalue weighted by atomic mass is 9.76. The van der Waals surface area contributed by atoms with E-state index in [1.807, 2.05) is 43.3 Å². The van der Waals surface area contributed by atoms with E-state index in [2.05, 4.69) is 31.0 Å². The Morgan fingerprint density at radius 3 is 2.59 bits per heavy atom. The number of aromatic amines is 1. The van der Waals surface area contributed by atoms with Gasteiger partial charge in [0.1, 0.15) is 5.75 Å². The van der Waals surface area contributed by atoms with Crippen molar-refractivity contribution in [1.82, 2.24) is 14.8 Å². The summed E-state index contributed by atoms with van der Waals surface area (Å²) in [5.41, 5.74) is 2.83. The van der Waals surface area contributed by atoms with Crippen molar-refractivity contribution in [3.05, 3.63) is 65.4 Å². The molecule has 0 aliphatic carbocycles. The zero-order chi connectivity index (χ0) is 22.6. The van der Waals surface area contributed by atoms with Gasteiger partial charge < -0.3 is 19.5 Å². The van der Waals surface area contributed by atoms with Crippen molar-refractivity contribution in [2.75, 3.05) is 26.7 Å². The number of benzene rings is 2. The van der Waals surface area contributed by atoms with Crippen LogP contribution in [0.15, 0.2) is 48.5 Å². The van der Waals surface area contributed by atoms with Crippen LogP contribution in [0, 0.1) is 5.92 Å². The van der Waals surface area contributed by atoms with Gasteiger partial charge >= 0.3 is 0 Å². The maximum Gasteiger partial charge on any atom is 0.254 e. The van der Waals surface area contributed by atoms with Crippen LogP contribution >= 0.6 is 0 Å². The summed E-state index contributed by atoms with van der Waals surface area (Å²) in [6.07, 6.45) is 0. The molecule has 0 unspecified atom stereocenters. The van der Waals surface area contributed by atoms with E-state index in [1.54, 1.807) is 16.9 Å². The number of piperazine rings is 1. The SMILES string of the molecule is COc1ccccc1[C@H]1CN2C(=O)CN(CC(C)C)C(=O)[C@]2(C)c2[nH]c3ccccc3c21. The quantitative estimate of drug-likeness (QED) is 0.682. The van der Waals surface area contributed by atoms with Crippen LogP contribution in [-0.2, 0) is 15.1 Å². The number of carbonyl (C=O) groups is 2. The van der Waals surface area contributed by atoms with Crippen LogP contribution in [0.3, 0.4) is 0 Å². The summed E-state index contributed by atoms with van der Waals surface area (Å²) in [4.78, 5) is 34.3. The van der Waals surface area contributed by atoms with Gasteiger partial charge in [-0.15, -0.1) is 0 Å². The van der Waals surface area contributed by atoms with Crippen LogP contribution < -0.4 is 4.74 Å². The fourth-order valence-corrected chi connectivity index (χ4v) is 5.50. The van der Waals surface area contributed by atoms with Gasteiger partial charge in [-0.25, -0.2) is 0 Å². The second-order valence-corrected chi connectivity index (χ2v) is 9.41. The minimum absolute atomic E-state index is 0.0166. The average molecular weight is 432 g/mol. The number of H-pyrrole nitrogens is 1. The van der Waals surface area contributed by atoms with Crippen LogP contribution in [0.1, 0.15) is 43.5 Å². The highest BCUT2D eigenvalue weighted by molar-refractivity contribution is 6.01. The Kier molecular flexibility index (Phi) is 4.77. The molecule has 1 aromatic heterocycles. The number of carbonyl (C=O) groups excluding carboxylic acids is 2. The second kappa shape index (κ2) is 7.40. The molecule has 2 atom stereocenters. The van der Waals surface area contributed by atoms with Gasteiger partial charge in [0.05, 0.1) is 19.3 Å². The predicted molar refractivity (Wildman–Crippen MR) is 124 cm³/mol. The number of para-hydroxylation sites is 2. The number of methoxy groups -OCH3 is 1. The second-order valence-electron chi connectivity index (χ2n) is 9.41. The molecule has 3 aromatic rings. The van der Waals surface area contributed by atoms with Crippen LogP contribution in [0.5, 0.6) is 5.75 Å². The van der Waals surface area contributed by atoms with Crippen molar-refractivity contribution < 1.29 is 14.3 Å². The van der Waals surface area contributed by atoms with E-state index in [0.29, 0.717) is 13.1 Å². The molecule has 6 nitrogen and oxygen atoms in total. The van der Waals surface area contributed by atoms with E-state index >= 15 is 0 Å². The number of ether oxygens (including phenoxy) is 1. The highest BCUT2D eigenvalue weighted by atomic mass is 16.5. The molecule has 166 valence electrons. The maximum absolute atomic E-state index is 13.9. The summed E-state index contributed by atoms with van der Waals surface area (Å²) >= 11 is 0. The van der Waals surface area contributed by atoms with Crippen LogP contribution in [-0.4, -0.2) is 53.3 Å². The Labute approximate surface area is 188 Å². The Bertz CT molecular complexity index is 1210. The predicted octanol–water partition coefficient (Wildman–Crippen LogP) is 3.86. The van der Waals surface area contributed by atoms with Crippen LogP contribution in [0.25, 0.3) is 10.9 Å². The number of amides is 2. The monoisotopic (exact) mass is 431 g/mol. The topological polar surface area (TPSA) is 65.6 Å². The maximum atomic E-state index is 13.9. The summed E-state index contributed by atoms with van der Waals surface area (Å²) in [6, 6.07) is 16.1. The molecular weight excluding hydrogens is 402 g/mol. The zero-order valence-electron chi connectivity index (χ0n) is 19.0. The van der Waals surface area contributed by atoms with Gasteiger partial charge in [-0.2, -0.15) is 0 Å². The molecule has 0 saturated carbocycles. The highest BCUT2D eigenvalue weighted by Crippen LogP contribution is 2.49. The number of rotatable bonds is 4. The summed E-state index contributed by atoms with van der Waals surface area (Å²) in [5.74, 6) is 0.941. The van der Waals surface area contributed by atoms with Crippen LogP contribution in [0.4, 0.5) is 0 Å². The van der Waals surface area contributed by atoms with E-state index in [4.69, 9.17) is 4.74 Å². The third kappa shape index (κ3) is 2.85. The van der Waals surface area contributed by atoms with E-state index in [1.165, 1.54) is 0 Å². The Hall–Kier alpha value is -3.28. The molecule has 3 heterocycles. The molecule has 2 aromatic carbocycles. The number of hydrogen-bond acceptors (Lipinski definition) is 3. The minimum Gasteiger partial charge on any atom is -0.496 e. The Morgan fingerprint density at radius 1 is 1.12 bits per heavy atom. The summed E-state index contributed by atoms with van der Waals surface area (Å²) in [7, 11) is 1.67. The molecule has 6 heteroatoms. The summed E-state index contributed by atoms with van der Waals surface area (Å²) < 4.78 is 5.68. The normalized spacial score (nSPS) is 23.0. The van der Waals surface area contributed by atoms with E-state index in [-0.39, 0.29) is 30.2 Å². The number of nitrogens with zero attached hydrogens (tertiary/aromatic N) is 2. The van der Waals surface area contributed by atoms with Gasteiger partial charge in [-0.05, 0) is 30.5 Å². The molecule has 2 aliphatic rings. The number of nitrogens with one attached hydrogen (secondary N) is 1. The Morgan fingerprint density at radius 2 is 1.84 bits per heavy atom. The third-order valence-electron chi connectivity index (χ3n) is 6.92. The molecule has 1 saturated heterocycles. The lowest BCUT2D eigenvalue weighted by Crippen LogP contribution is -2.67. The molecule has 2 aliphatic heterocycles. The van der Waals surface area contributed by atoms with Gasteiger partial charge in [-0.3, -0.25) is 9.59 Å². The number of aromatic nitrogens is 1. The lowest BCUT2D eigenvalue weighted by molar-refractivity contribution is -0.166. The molecule has 5 rings (SSSR count). The van der Waals surface area contributed by atoms with E-state index in [0.717, 1.165) is 33.5 Å². The van der Waals surface area contributed by atoms with Crippen molar-refractivity contribution in [2.45, 2.75) is 32.2 Å². The van der Waals surface area contributed by atoms with E-state index in [9.17, 15) is 9.59 Å². The fraction of sp³-hybridized carbons (Fsp3) is 0.385. The van der Waals surface area contributed by atoms with Gasteiger partial charge in [-0.1, -0.05) is 50.2 Å². The summed E-state index contributed by atoms with van der Waals surface area (Å²) in [6.45, 7) is 7.16. The molecule has 0 spiro atoms. The molecular formula is C26H29N3O3. The van der Waals surface area contributed by atoms with Crippen molar-refractivity contribution in [3.63, 3.8) is 0 Å². The molecule has 1 fully saturated rings. The largest absolute Gasteiger partial charge is 0.496 e. The number of hydrogen-bond donors (Lipinski definition) is 1. The van der Waals surface area contributed by atoms with Crippen LogP contribution in [0.2, 0.25) is 0 Å². The van der Waals surface area contributed by atoms with Gasteiger partial charge in [0, 0.05) is 35.5 Å². The lowest BCUT2D eigenvalue weighted by Gasteiger charge is -2.51. The highest BCUT2D eigenvalue weighted by Gasteiger charge is 2.56. The average Bonchev–Trinajstić information content (AvgIpc) is 3.18. The molecule has 1 N–H and O–H groups in total. The summed E-state index contributed by atoms with van der Waals surface area (Å²) in [5, 5.41) is 1.08. The fourth-order valence-electron chi connectivity index (χ4n) is 5.50. The smallest absolute Gasteiger partial charge is 0.254 e. The first kappa shape index (κ1) is 20.6. The zero-order valence-corrected chi connectivity index (χ0v) is 19.0. The van der Waals surface area contributed by atoms with Gasteiger partial charge in [0.25, 0.3) is 5.91 Å². The molecule has 2 amide bonds. The van der Waals surface area contributed by atoms with Crippen molar-refractivity contribution >= 4 is 22.7 Å². The third-order valence-corrected chi connectivity index (χ3v) is 6.92. The number of fused-ring (bicyclic) bond motifs is 5. The van der Waals surface area contributed by atoms with Crippen molar-refractivity contribution in [2.24, 2.45) is 5.92 Å². The first-order valence-electron chi connectivity index (χ1n) is 11.2. The Balaban J connectivity index is 1.76. The molecule has 0 radical (unpaired) electrons. The van der Waals surface area contributed by atoms with Gasteiger partial charge in [0.2, 0.25) is 5.91 Å². The minimum atomic E-state index is -1.06. The van der Waals surface area contributed by atoms with Crippen molar-refractivity contribution in [3.8, 4) is 5.75 Å². The van der Waals surface area contributed by atoms with Gasteiger partial charge in [0.15, 0.2) is 5.54 Å². The molecule has 32 heavy (non-hydrogen) atoms. The van der Waals surface area contributed by atoms with Crippen molar-refractivity contribution in [1.29, 1.82) is 0 Å².